The first-order valence-electron chi connectivity index (χ1n) is 7.07. The maximum Gasteiger partial charge on any atom is 0.330 e. The number of aryl methyl sites for hydroxylation is 2. The molecule has 2 heteroatoms. The third-order valence-corrected chi connectivity index (χ3v) is 3.14. The fraction of sp³-hybridized carbons (Fsp3) is 0.471. The number of hydrogen-bond acceptors (Lipinski definition) is 2. The Kier molecular flexibility index (Phi) is 7.64. The summed E-state index contributed by atoms with van der Waals surface area (Å²) in [5.74, 6) is -0.320. The lowest BCUT2D eigenvalue weighted by Crippen LogP contribution is -2.01. The topological polar surface area (TPSA) is 26.3 Å². The van der Waals surface area contributed by atoms with E-state index in [1.807, 2.05) is 0 Å². The molecule has 1 aromatic rings. The summed E-state index contributed by atoms with van der Waals surface area (Å²) in [4.78, 5) is 10.8. The second-order valence-electron chi connectivity index (χ2n) is 4.87. The highest BCUT2D eigenvalue weighted by Crippen LogP contribution is 2.10. The predicted molar refractivity (Wildman–Crippen MR) is 79.1 cm³/mol. The van der Waals surface area contributed by atoms with Gasteiger partial charge in [0.1, 0.15) is 0 Å². The molecule has 0 bridgehead atoms. The molecule has 0 aliphatic carbocycles. The molecule has 0 aliphatic rings. The largest absolute Gasteiger partial charge is 0.463 e. The van der Waals surface area contributed by atoms with E-state index in [1.165, 1.54) is 36.5 Å². The first-order valence-corrected chi connectivity index (χ1v) is 7.07. The second kappa shape index (κ2) is 9.37. The Morgan fingerprint density at radius 2 is 1.74 bits per heavy atom. The summed E-state index contributed by atoms with van der Waals surface area (Å²) in [5, 5.41) is 0. The second-order valence-corrected chi connectivity index (χ2v) is 4.87. The molecule has 2 nitrogen and oxygen atoms in total. The molecule has 0 saturated heterocycles. The van der Waals surface area contributed by atoms with E-state index < -0.39 is 0 Å². The number of rotatable bonds is 9. The highest BCUT2D eigenvalue weighted by Gasteiger charge is 1.96. The van der Waals surface area contributed by atoms with Gasteiger partial charge in [0.2, 0.25) is 0 Å². The lowest BCUT2D eigenvalue weighted by atomic mass is 10.0. The van der Waals surface area contributed by atoms with E-state index in [0.717, 1.165) is 19.3 Å². The average molecular weight is 260 g/mol. The summed E-state index contributed by atoms with van der Waals surface area (Å²) < 4.78 is 4.92. The summed E-state index contributed by atoms with van der Waals surface area (Å²) >= 11 is 0. The number of esters is 1. The van der Waals surface area contributed by atoms with Gasteiger partial charge in [-0.2, -0.15) is 0 Å². The van der Waals surface area contributed by atoms with Crippen molar-refractivity contribution in [1.29, 1.82) is 0 Å². The molecule has 0 fully saturated rings. The zero-order valence-corrected chi connectivity index (χ0v) is 11.9. The quantitative estimate of drug-likeness (QED) is 0.377. The van der Waals surface area contributed by atoms with Crippen molar-refractivity contribution in [2.45, 2.75) is 45.4 Å². The van der Waals surface area contributed by atoms with Crippen molar-refractivity contribution in [2.24, 2.45) is 0 Å². The Labute approximate surface area is 116 Å². The smallest absolute Gasteiger partial charge is 0.330 e. The van der Waals surface area contributed by atoms with Gasteiger partial charge in [0.25, 0.3) is 0 Å². The SMILES string of the molecule is C=CC(=O)OCCCCCCCc1ccc(C)cc1. The molecule has 0 spiro atoms. The van der Waals surface area contributed by atoms with Gasteiger partial charge in [-0.15, -0.1) is 0 Å². The first kappa shape index (κ1) is 15.5. The van der Waals surface area contributed by atoms with Crippen molar-refractivity contribution in [3.8, 4) is 0 Å². The molecular formula is C17H24O2. The van der Waals surface area contributed by atoms with E-state index in [-0.39, 0.29) is 5.97 Å². The fourth-order valence-corrected chi connectivity index (χ4v) is 1.95. The minimum absolute atomic E-state index is 0.320. The van der Waals surface area contributed by atoms with E-state index in [2.05, 4.69) is 37.8 Å². The number of carbonyl (C=O) groups is 1. The van der Waals surface area contributed by atoms with Crippen LogP contribution in [0.4, 0.5) is 0 Å². The van der Waals surface area contributed by atoms with E-state index in [1.54, 1.807) is 0 Å². The van der Waals surface area contributed by atoms with Gasteiger partial charge in [-0.05, 0) is 31.7 Å². The molecule has 0 amide bonds. The van der Waals surface area contributed by atoms with E-state index in [9.17, 15) is 4.79 Å². The molecule has 1 aromatic carbocycles. The molecule has 19 heavy (non-hydrogen) atoms. The summed E-state index contributed by atoms with van der Waals surface area (Å²) in [6, 6.07) is 8.76. The Balaban J connectivity index is 1.95. The predicted octanol–water partition coefficient (Wildman–Crippen LogP) is 4.22. The number of ether oxygens (including phenoxy) is 1. The molecule has 0 aromatic heterocycles. The van der Waals surface area contributed by atoms with Gasteiger partial charge in [0.15, 0.2) is 0 Å². The van der Waals surface area contributed by atoms with Gasteiger partial charge in [0.05, 0.1) is 6.61 Å². The maximum atomic E-state index is 10.8. The lowest BCUT2D eigenvalue weighted by Gasteiger charge is -2.03. The fourth-order valence-electron chi connectivity index (χ4n) is 1.95. The maximum absolute atomic E-state index is 10.8. The van der Waals surface area contributed by atoms with Gasteiger partial charge < -0.3 is 4.74 Å². The van der Waals surface area contributed by atoms with Crippen LogP contribution < -0.4 is 0 Å². The molecule has 1 rings (SSSR count). The van der Waals surface area contributed by atoms with Gasteiger partial charge in [-0.25, -0.2) is 4.79 Å². The van der Waals surface area contributed by atoms with E-state index >= 15 is 0 Å². The minimum Gasteiger partial charge on any atom is -0.463 e. The van der Waals surface area contributed by atoms with Crippen LogP contribution in [0.2, 0.25) is 0 Å². The average Bonchev–Trinajstić information content (AvgIpc) is 2.43. The zero-order chi connectivity index (χ0) is 13.9. The van der Waals surface area contributed by atoms with Crippen LogP contribution >= 0.6 is 0 Å². The van der Waals surface area contributed by atoms with Crippen LogP contribution in [-0.4, -0.2) is 12.6 Å². The van der Waals surface area contributed by atoms with Crippen LogP contribution in [0.3, 0.4) is 0 Å². The first-order chi connectivity index (χ1) is 9.22. The van der Waals surface area contributed by atoms with Crippen molar-refractivity contribution < 1.29 is 9.53 Å². The Bertz CT molecular complexity index is 379. The van der Waals surface area contributed by atoms with Crippen molar-refractivity contribution >= 4 is 5.97 Å². The van der Waals surface area contributed by atoms with Crippen LogP contribution in [0.15, 0.2) is 36.9 Å². The number of unbranched alkanes of at least 4 members (excludes halogenated alkanes) is 4. The van der Waals surface area contributed by atoms with E-state index in [0.29, 0.717) is 6.61 Å². The molecule has 104 valence electrons. The zero-order valence-electron chi connectivity index (χ0n) is 11.9. The van der Waals surface area contributed by atoms with Crippen LogP contribution in [-0.2, 0) is 16.0 Å². The Morgan fingerprint density at radius 1 is 1.11 bits per heavy atom. The monoisotopic (exact) mass is 260 g/mol. The molecule has 0 heterocycles. The normalized spacial score (nSPS) is 10.2. The van der Waals surface area contributed by atoms with Crippen molar-refractivity contribution in [3.63, 3.8) is 0 Å². The molecule has 0 radical (unpaired) electrons. The molecular weight excluding hydrogens is 236 g/mol. The number of benzene rings is 1. The van der Waals surface area contributed by atoms with Crippen LogP contribution in [0.5, 0.6) is 0 Å². The van der Waals surface area contributed by atoms with Crippen molar-refractivity contribution in [3.05, 3.63) is 48.0 Å². The van der Waals surface area contributed by atoms with Crippen molar-refractivity contribution in [2.75, 3.05) is 6.61 Å². The highest BCUT2D eigenvalue weighted by atomic mass is 16.5. The lowest BCUT2D eigenvalue weighted by molar-refractivity contribution is -0.137. The van der Waals surface area contributed by atoms with Crippen LogP contribution in [0, 0.1) is 6.92 Å². The van der Waals surface area contributed by atoms with E-state index in [4.69, 9.17) is 4.74 Å². The van der Waals surface area contributed by atoms with Crippen LogP contribution in [0.25, 0.3) is 0 Å². The van der Waals surface area contributed by atoms with Gasteiger partial charge in [0, 0.05) is 6.08 Å². The summed E-state index contributed by atoms with van der Waals surface area (Å²) in [7, 11) is 0. The third-order valence-electron chi connectivity index (χ3n) is 3.14. The van der Waals surface area contributed by atoms with Crippen molar-refractivity contribution in [1.82, 2.24) is 0 Å². The highest BCUT2D eigenvalue weighted by molar-refractivity contribution is 5.81. The Hall–Kier alpha value is -1.57. The molecule has 0 atom stereocenters. The van der Waals surface area contributed by atoms with Crippen LogP contribution in [0.1, 0.15) is 43.2 Å². The minimum atomic E-state index is -0.320. The molecule has 0 aliphatic heterocycles. The summed E-state index contributed by atoms with van der Waals surface area (Å²) in [6.45, 7) is 5.99. The number of carbonyl (C=O) groups excluding carboxylic acids is 1. The number of hydrogen-bond donors (Lipinski definition) is 0. The van der Waals surface area contributed by atoms with Gasteiger partial charge in [-0.3, -0.25) is 0 Å². The molecule has 0 saturated carbocycles. The molecule has 0 N–H and O–H groups in total. The van der Waals surface area contributed by atoms with Gasteiger partial charge in [-0.1, -0.05) is 55.7 Å². The third kappa shape index (κ3) is 7.45. The summed E-state index contributed by atoms with van der Waals surface area (Å²) in [5.41, 5.74) is 2.74. The van der Waals surface area contributed by atoms with Gasteiger partial charge >= 0.3 is 5.97 Å². The molecule has 0 unspecified atom stereocenters. The standard InChI is InChI=1S/C17H24O2/c1-3-17(18)19-14-8-6-4-5-7-9-16-12-10-15(2)11-13-16/h3,10-13H,1,4-9,14H2,2H3. The summed E-state index contributed by atoms with van der Waals surface area (Å²) in [6.07, 6.45) is 8.12. The Morgan fingerprint density at radius 3 is 2.42 bits per heavy atom.